The van der Waals surface area contributed by atoms with E-state index < -0.39 is 0 Å². The second kappa shape index (κ2) is 14.6. The van der Waals surface area contributed by atoms with Gasteiger partial charge in [-0.05, 0) is 87.0 Å². The molecule has 0 aliphatic carbocycles. The lowest BCUT2D eigenvalue weighted by Crippen LogP contribution is -2.16. The van der Waals surface area contributed by atoms with Gasteiger partial charge in [0.1, 0.15) is 0 Å². The SMILES string of the molecule is COc1ccc(CCCCCNCCCCCc2ccc(OC)c(OC)c2)cc1OC. The summed E-state index contributed by atoms with van der Waals surface area (Å²) in [7, 11) is 6.71. The van der Waals surface area contributed by atoms with E-state index in [1.165, 1.54) is 49.7 Å². The van der Waals surface area contributed by atoms with Gasteiger partial charge in [0.25, 0.3) is 0 Å². The van der Waals surface area contributed by atoms with E-state index in [2.05, 4.69) is 29.6 Å². The molecule has 2 aromatic rings. The first-order valence-electron chi connectivity index (χ1n) is 11.3. The van der Waals surface area contributed by atoms with Crippen molar-refractivity contribution in [2.45, 2.75) is 51.4 Å². The third-order valence-electron chi connectivity index (χ3n) is 5.53. The average Bonchev–Trinajstić information content (AvgIpc) is 2.82. The smallest absolute Gasteiger partial charge is 0.160 e. The van der Waals surface area contributed by atoms with Crippen LogP contribution < -0.4 is 24.3 Å². The molecule has 0 saturated heterocycles. The molecule has 31 heavy (non-hydrogen) atoms. The maximum atomic E-state index is 5.38. The summed E-state index contributed by atoms with van der Waals surface area (Å²) in [5.41, 5.74) is 2.61. The quantitative estimate of drug-likeness (QED) is 0.360. The van der Waals surface area contributed by atoms with Crippen molar-refractivity contribution in [3.8, 4) is 23.0 Å². The Hall–Kier alpha value is -2.40. The number of hydrogen-bond donors (Lipinski definition) is 1. The minimum atomic E-state index is 0.791. The average molecular weight is 430 g/mol. The van der Waals surface area contributed by atoms with Gasteiger partial charge in [-0.1, -0.05) is 25.0 Å². The Balaban J connectivity index is 1.48. The van der Waals surface area contributed by atoms with Gasteiger partial charge in [0, 0.05) is 0 Å². The van der Waals surface area contributed by atoms with Gasteiger partial charge in [-0.15, -0.1) is 0 Å². The Bertz CT molecular complexity index is 700. The first kappa shape index (κ1) is 24.9. The minimum absolute atomic E-state index is 0.791. The van der Waals surface area contributed by atoms with E-state index in [9.17, 15) is 0 Å². The van der Waals surface area contributed by atoms with Crippen molar-refractivity contribution in [3.63, 3.8) is 0 Å². The van der Waals surface area contributed by atoms with E-state index in [0.29, 0.717) is 0 Å². The first-order valence-corrected chi connectivity index (χ1v) is 11.3. The summed E-state index contributed by atoms with van der Waals surface area (Å²) in [4.78, 5) is 0. The van der Waals surface area contributed by atoms with Crippen LogP contribution in [-0.2, 0) is 12.8 Å². The zero-order valence-electron chi connectivity index (χ0n) is 19.7. The maximum Gasteiger partial charge on any atom is 0.160 e. The highest BCUT2D eigenvalue weighted by Crippen LogP contribution is 2.29. The third kappa shape index (κ3) is 8.70. The van der Waals surface area contributed by atoms with Crippen LogP contribution in [0.2, 0.25) is 0 Å². The Morgan fingerprint density at radius 3 is 1.32 bits per heavy atom. The predicted molar refractivity (Wildman–Crippen MR) is 127 cm³/mol. The van der Waals surface area contributed by atoms with Crippen molar-refractivity contribution in [1.29, 1.82) is 0 Å². The summed E-state index contributed by atoms with van der Waals surface area (Å²) in [6.07, 6.45) is 9.47. The number of benzene rings is 2. The molecule has 172 valence electrons. The summed E-state index contributed by atoms with van der Waals surface area (Å²) < 4.78 is 21.3. The summed E-state index contributed by atoms with van der Waals surface area (Å²) in [6, 6.07) is 12.4. The van der Waals surface area contributed by atoms with Gasteiger partial charge in [0.15, 0.2) is 23.0 Å². The van der Waals surface area contributed by atoms with Crippen LogP contribution in [0.3, 0.4) is 0 Å². The highest BCUT2D eigenvalue weighted by Gasteiger charge is 2.05. The second-order valence-electron chi connectivity index (χ2n) is 7.75. The lowest BCUT2D eigenvalue weighted by atomic mass is 10.1. The fraction of sp³-hybridized carbons (Fsp3) is 0.538. The molecule has 2 aromatic carbocycles. The van der Waals surface area contributed by atoms with E-state index in [0.717, 1.165) is 48.9 Å². The number of unbranched alkanes of at least 4 members (excludes halogenated alkanes) is 4. The van der Waals surface area contributed by atoms with Crippen LogP contribution >= 0.6 is 0 Å². The zero-order valence-corrected chi connectivity index (χ0v) is 19.7. The highest BCUT2D eigenvalue weighted by molar-refractivity contribution is 5.43. The Morgan fingerprint density at radius 2 is 0.935 bits per heavy atom. The first-order chi connectivity index (χ1) is 15.2. The Kier molecular flexibility index (Phi) is 11.7. The summed E-state index contributed by atoms with van der Waals surface area (Å²) in [6.45, 7) is 2.20. The van der Waals surface area contributed by atoms with E-state index in [-0.39, 0.29) is 0 Å². The van der Waals surface area contributed by atoms with Crippen molar-refractivity contribution in [2.75, 3.05) is 41.5 Å². The number of nitrogens with one attached hydrogen (secondary N) is 1. The molecule has 0 bridgehead atoms. The Morgan fingerprint density at radius 1 is 0.516 bits per heavy atom. The van der Waals surface area contributed by atoms with Gasteiger partial charge in [-0.3, -0.25) is 0 Å². The molecule has 0 aromatic heterocycles. The van der Waals surface area contributed by atoms with Gasteiger partial charge < -0.3 is 24.3 Å². The summed E-state index contributed by atoms with van der Waals surface area (Å²) >= 11 is 0. The van der Waals surface area contributed by atoms with Gasteiger partial charge in [0.05, 0.1) is 28.4 Å². The molecule has 1 N–H and O–H groups in total. The van der Waals surface area contributed by atoms with Gasteiger partial charge in [-0.2, -0.15) is 0 Å². The van der Waals surface area contributed by atoms with E-state index in [1.54, 1.807) is 28.4 Å². The molecule has 2 rings (SSSR count). The Labute approximate surface area is 188 Å². The van der Waals surface area contributed by atoms with Crippen LogP contribution in [0.1, 0.15) is 49.7 Å². The van der Waals surface area contributed by atoms with Crippen LogP contribution in [0.5, 0.6) is 23.0 Å². The van der Waals surface area contributed by atoms with Crippen molar-refractivity contribution >= 4 is 0 Å². The highest BCUT2D eigenvalue weighted by atomic mass is 16.5. The van der Waals surface area contributed by atoms with E-state index in [4.69, 9.17) is 18.9 Å². The molecule has 0 atom stereocenters. The zero-order chi connectivity index (χ0) is 22.3. The standard InChI is InChI=1S/C26H39NO4/c1-28-23-15-13-21(19-25(23)30-3)11-7-5-9-17-27-18-10-6-8-12-22-14-16-24(29-2)26(20-22)31-4/h13-16,19-20,27H,5-12,17-18H2,1-4H3. The molecule has 0 fully saturated rings. The summed E-state index contributed by atoms with van der Waals surface area (Å²) in [5.74, 6) is 3.21. The fourth-order valence-corrected chi connectivity index (χ4v) is 3.71. The van der Waals surface area contributed by atoms with Crippen LogP contribution in [0.4, 0.5) is 0 Å². The maximum absolute atomic E-state index is 5.38. The van der Waals surface area contributed by atoms with Crippen LogP contribution in [0, 0.1) is 0 Å². The molecule has 0 aliphatic heterocycles. The molecule has 0 heterocycles. The van der Waals surface area contributed by atoms with Crippen molar-refractivity contribution < 1.29 is 18.9 Å². The molecular weight excluding hydrogens is 390 g/mol. The predicted octanol–water partition coefficient (Wildman–Crippen LogP) is 5.44. The molecule has 0 radical (unpaired) electrons. The van der Waals surface area contributed by atoms with Crippen molar-refractivity contribution in [2.24, 2.45) is 0 Å². The van der Waals surface area contributed by atoms with Gasteiger partial charge >= 0.3 is 0 Å². The number of hydrogen-bond acceptors (Lipinski definition) is 5. The number of ether oxygens (including phenoxy) is 4. The molecule has 0 spiro atoms. The van der Waals surface area contributed by atoms with Crippen molar-refractivity contribution in [1.82, 2.24) is 5.32 Å². The third-order valence-corrected chi connectivity index (χ3v) is 5.53. The lowest BCUT2D eigenvalue weighted by molar-refractivity contribution is 0.354. The van der Waals surface area contributed by atoms with Crippen LogP contribution in [0.25, 0.3) is 0 Å². The monoisotopic (exact) mass is 429 g/mol. The van der Waals surface area contributed by atoms with Crippen molar-refractivity contribution in [3.05, 3.63) is 47.5 Å². The van der Waals surface area contributed by atoms with Gasteiger partial charge in [0.2, 0.25) is 0 Å². The largest absolute Gasteiger partial charge is 0.493 e. The fourth-order valence-electron chi connectivity index (χ4n) is 3.71. The molecule has 0 saturated carbocycles. The van der Waals surface area contributed by atoms with E-state index >= 15 is 0 Å². The minimum Gasteiger partial charge on any atom is -0.493 e. The van der Waals surface area contributed by atoms with Gasteiger partial charge in [-0.25, -0.2) is 0 Å². The summed E-state index contributed by atoms with van der Waals surface area (Å²) in [5, 5.41) is 3.58. The molecule has 5 nitrogen and oxygen atoms in total. The molecule has 0 aliphatic rings. The van der Waals surface area contributed by atoms with Crippen LogP contribution in [-0.4, -0.2) is 41.5 Å². The molecule has 0 amide bonds. The number of rotatable bonds is 16. The molecular formula is C26H39NO4. The number of aryl methyl sites for hydroxylation is 2. The normalized spacial score (nSPS) is 10.7. The second-order valence-corrected chi connectivity index (χ2v) is 7.75. The topological polar surface area (TPSA) is 49.0 Å². The van der Waals surface area contributed by atoms with Crippen LogP contribution in [0.15, 0.2) is 36.4 Å². The molecule has 0 unspecified atom stereocenters. The lowest BCUT2D eigenvalue weighted by Gasteiger charge is -2.10. The molecule has 5 heteroatoms. The van der Waals surface area contributed by atoms with E-state index in [1.807, 2.05) is 12.1 Å². The number of methoxy groups -OCH3 is 4.